The van der Waals surface area contributed by atoms with Gasteiger partial charge in [-0.05, 0) is 25.0 Å². The minimum Gasteiger partial charge on any atom is -0.248 e. The Labute approximate surface area is 77.4 Å². The maximum atomic E-state index is 4.38. The van der Waals surface area contributed by atoms with E-state index in [0.717, 1.165) is 24.0 Å². The number of hydrogen-bond acceptors (Lipinski definition) is 2. The standard InChI is InChI=1S/C10H13N3/c1-3-8-5-9-7-12-13(4-2)10(9)11-6-8/h5-7H,3-4H2,1-2H3. The highest BCUT2D eigenvalue weighted by Gasteiger charge is 2.02. The van der Waals surface area contributed by atoms with Crippen LogP contribution in [0.25, 0.3) is 11.0 Å². The van der Waals surface area contributed by atoms with Crippen molar-refractivity contribution in [2.45, 2.75) is 26.8 Å². The van der Waals surface area contributed by atoms with E-state index in [2.05, 4.69) is 30.0 Å². The fraction of sp³-hybridized carbons (Fsp3) is 0.400. The summed E-state index contributed by atoms with van der Waals surface area (Å²) in [4.78, 5) is 4.38. The molecule has 0 saturated heterocycles. The molecular formula is C10H13N3. The Kier molecular flexibility index (Phi) is 2.00. The molecule has 3 nitrogen and oxygen atoms in total. The van der Waals surface area contributed by atoms with Crippen LogP contribution in [-0.4, -0.2) is 14.8 Å². The van der Waals surface area contributed by atoms with Crippen molar-refractivity contribution in [2.24, 2.45) is 0 Å². The SMILES string of the molecule is CCc1cnc2c(cnn2CC)c1. The molecule has 68 valence electrons. The minimum atomic E-state index is 0.877. The molecule has 0 fully saturated rings. The molecule has 0 N–H and O–H groups in total. The maximum Gasteiger partial charge on any atom is 0.157 e. The van der Waals surface area contributed by atoms with Crippen LogP contribution in [0, 0.1) is 0 Å². The molecule has 0 aliphatic heterocycles. The molecule has 0 aromatic carbocycles. The van der Waals surface area contributed by atoms with Gasteiger partial charge >= 0.3 is 0 Å². The third-order valence-electron chi connectivity index (χ3n) is 2.24. The molecule has 0 saturated carbocycles. The van der Waals surface area contributed by atoms with Crippen LogP contribution in [0.4, 0.5) is 0 Å². The second kappa shape index (κ2) is 3.17. The van der Waals surface area contributed by atoms with Crippen molar-refractivity contribution in [1.29, 1.82) is 0 Å². The van der Waals surface area contributed by atoms with Crippen molar-refractivity contribution in [3.05, 3.63) is 24.0 Å². The van der Waals surface area contributed by atoms with Crippen molar-refractivity contribution < 1.29 is 0 Å². The Balaban J connectivity index is 2.61. The van der Waals surface area contributed by atoms with Gasteiger partial charge in [-0.1, -0.05) is 6.92 Å². The van der Waals surface area contributed by atoms with E-state index in [-0.39, 0.29) is 0 Å². The summed E-state index contributed by atoms with van der Waals surface area (Å²) in [6.45, 7) is 5.08. The zero-order chi connectivity index (χ0) is 9.26. The van der Waals surface area contributed by atoms with Gasteiger partial charge in [-0.25, -0.2) is 9.67 Å². The number of aryl methyl sites for hydroxylation is 2. The van der Waals surface area contributed by atoms with Gasteiger partial charge in [-0.15, -0.1) is 0 Å². The Bertz CT molecular complexity index is 417. The molecule has 2 aromatic heterocycles. The lowest BCUT2D eigenvalue weighted by atomic mass is 10.2. The average molecular weight is 175 g/mol. The molecular weight excluding hydrogens is 162 g/mol. The summed E-state index contributed by atoms with van der Waals surface area (Å²) < 4.78 is 1.91. The van der Waals surface area contributed by atoms with Gasteiger partial charge in [-0.2, -0.15) is 5.10 Å². The van der Waals surface area contributed by atoms with Crippen LogP contribution in [0.3, 0.4) is 0 Å². The van der Waals surface area contributed by atoms with Crippen molar-refractivity contribution in [1.82, 2.24) is 14.8 Å². The number of fused-ring (bicyclic) bond motifs is 1. The van der Waals surface area contributed by atoms with Crippen LogP contribution in [0.15, 0.2) is 18.5 Å². The van der Waals surface area contributed by atoms with E-state index < -0.39 is 0 Å². The lowest BCUT2D eigenvalue weighted by Gasteiger charge is -1.98. The van der Waals surface area contributed by atoms with Crippen molar-refractivity contribution in [3.8, 4) is 0 Å². The van der Waals surface area contributed by atoms with Crippen molar-refractivity contribution in [3.63, 3.8) is 0 Å². The summed E-state index contributed by atoms with van der Waals surface area (Å²) >= 11 is 0. The predicted molar refractivity (Wildman–Crippen MR) is 52.6 cm³/mol. The molecule has 0 unspecified atom stereocenters. The van der Waals surface area contributed by atoms with Crippen LogP contribution < -0.4 is 0 Å². The molecule has 3 heteroatoms. The van der Waals surface area contributed by atoms with E-state index in [0.29, 0.717) is 0 Å². The van der Waals surface area contributed by atoms with Gasteiger partial charge in [0.1, 0.15) is 0 Å². The Morgan fingerprint density at radius 3 is 2.85 bits per heavy atom. The summed E-state index contributed by atoms with van der Waals surface area (Å²) in [7, 11) is 0. The molecule has 0 aliphatic carbocycles. The second-order valence-corrected chi connectivity index (χ2v) is 3.07. The van der Waals surface area contributed by atoms with E-state index in [1.54, 1.807) is 0 Å². The van der Waals surface area contributed by atoms with Crippen LogP contribution in [0.5, 0.6) is 0 Å². The van der Waals surface area contributed by atoms with Crippen LogP contribution in [-0.2, 0) is 13.0 Å². The molecule has 2 aromatic rings. The summed E-state index contributed by atoms with van der Waals surface area (Å²) in [5.41, 5.74) is 2.25. The fourth-order valence-corrected chi connectivity index (χ4v) is 1.44. The van der Waals surface area contributed by atoms with E-state index in [9.17, 15) is 0 Å². The molecule has 0 spiro atoms. The predicted octanol–water partition coefficient (Wildman–Crippen LogP) is 2.01. The van der Waals surface area contributed by atoms with E-state index in [1.165, 1.54) is 5.56 Å². The van der Waals surface area contributed by atoms with Crippen LogP contribution in [0.2, 0.25) is 0 Å². The molecule has 2 heterocycles. The second-order valence-electron chi connectivity index (χ2n) is 3.07. The molecule has 2 rings (SSSR count). The minimum absolute atomic E-state index is 0.877. The number of rotatable bonds is 2. The number of hydrogen-bond donors (Lipinski definition) is 0. The van der Waals surface area contributed by atoms with Gasteiger partial charge in [0.05, 0.1) is 6.20 Å². The quantitative estimate of drug-likeness (QED) is 0.699. The first-order valence-corrected chi connectivity index (χ1v) is 4.65. The fourth-order valence-electron chi connectivity index (χ4n) is 1.44. The molecule has 0 radical (unpaired) electrons. The topological polar surface area (TPSA) is 30.7 Å². The molecule has 0 atom stereocenters. The van der Waals surface area contributed by atoms with Crippen molar-refractivity contribution in [2.75, 3.05) is 0 Å². The van der Waals surface area contributed by atoms with Gasteiger partial charge in [0.25, 0.3) is 0 Å². The number of nitrogens with zero attached hydrogens (tertiary/aromatic N) is 3. The summed E-state index contributed by atoms with van der Waals surface area (Å²) in [6.07, 6.45) is 4.83. The smallest absolute Gasteiger partial charge is 0.157 e. The third kappa shape index (κ3) is 1.30. The molecule has 0 amide bonds. The van der Waals surface area contributed by atoms with E-state index in [1.807, 2.05) is 17.1 Å². The highest BCUT2D eigenvalue weighted by atomic mass is 15.3. The van der Waals surface area contributed by atoms with E-state index >= 15 is 0 Å². The van der Waals surface area contributed by atoms with Crippen LogP contribution >= 0.6 is 0 Å². The van der Waals surface area contributed by atoms with Gasteiger partial charge in [0.15, 0.2) is 5.65 Å². The zero-order valence-corrected chi connectivity index (χ0v) is 7.99. The number of pyridine rings is 1. The maximum absolute atomic E-state index is 4.38. The average Bonchev–Trinajstić information content (AvgIpc) is 2.59. The lowest BCUT2D eigenvalue weighted by molar-refractivity contribution is 0.676. The monoisotopic (exact) mass is 175 g/mol. The highest BCUT2D eigenvalue weighted by Crippen LogP contribution is 2.12. The van der Waals surface area contributed by atoms with Gasteiger partial charge in [0.2, 0.25) is 0 Å². The summed E-state index contributed by atoms with van der Waals surface area (Å²) in [6, 6.07) is 2.15. The van der Waals surface area contributed by atoms with Gasteiger partial charge < -0.3 is 0 Å². The first-order chi connectivity index (χ1) is 6.35. The third-order valence-corrected chi connectivity index (χ3v) is 2.24. The Morgan fingerprint density at radius 2 is 2.15 bits per heavy atom. The molecule has 0 aliphatic rings. The zero-order valence-electron chi connectivity index (χ0n) is 7.99. The first-order valence-electron chi connectivity index (χ1n) is 4.65. The largest absolute Gasteiger partial charge is 0.248 e. The normalized spacial score (nSPS) is 10.9. The molecule has 0 bridgehead atoms. The number of aromatic nitrogens is 3. The van der Waals surface area contributed by atoms with Crippen molar-refractivity contribution >= 4 is 11.0 Å². The van der Waals surface area contributed by atoms with Gasteiger partial charge in [-0.3, -0.25) is 0 Å². The molecule has 13 heavy (non-hydrogen) atoms. The van der Waals surface area contributed by atoms with Gasteiger partial charge in [0, 0.05) is 18.1 Å². The summed E-state index contributed by atoms with van der Waals surface area (Å²) in [5, 5.41) is 5.38. The first kappa shape index (κ1) is 8.23. The Morgan fingerprint density at radius 1 is 1.31 bits per heavy atom. The summed E-state index contributed by atoms with van der Waals surface area (Å²) in [5.74, 6) is 0. The highest BCUT2D eigenvalue weighted by molar-refractivity contribution is 5.74. The van der Waals surface area contributed by atoms with E-state index in [4.69, 9.17) is 0 Å². The Hall–Kier alpha value is -1.38. The lowest BCUT2D eigenvalue weighted by Crippen LogP contribution is -1.97. The van der Waals surface area contributed by atoms with Crippen LogP contribution in [0.1, 0.15) is 19.4 Å².